The molecule has 0 N–H and O–H groups in total. The Morgan fingerprint density at radius 1 is 1.17 bits per heavy atom. The second-order valence-electron chi connectivity index (χ2n) is 4.93. The third-order valence-corrected chi connectivity index (χ3v) is 4.95. The second-order valence-corrected chi connectivity index (χ2v) is 6.77. The van der Waals surface area contributed by atoms with Crippen LogP contribution in [0.2, 0.25) is 0 Å². The smallest absolute Gasteiger partial charge is 0.248 e. The van der Waals surface area contributed by atoms with Gasteiger partial charge >= 0.3 is 0 Å². The molecule has 0 aliphatic carbocycles. The first-order valence-corrected chi connectivity index (χ1v) is 9.09. The molecule has 3 rings (SSSR count). The molecule has 2 aromatic carbocycles. The minimum atomic E-state index is -0.277. The van der Waals surface area contributed by atoms with E-state index >= 15 is 0 Å². The van der Waals surface area contributed by atoms with Gasteiger partial charge in [-0.1, -0.05) is 12.1 Å². The van der Waals surface area contributed by atoms with Crippen LogP contribution in [0.4, 0.5) is 4.39 Å². The number of ether oxygens (including phenoxy) is 1. The van der Waals surface area contributed by atoms with E-state index in [-0.39, 0.29) is 5.82 Å². The molecule has 0 unspecified atom stereocenters. The highest BCUT2D eigenvalue weighted by atomic mass is 79.9. The number of nitrogens with zero attached hydrogens (tertiary/aromatic N) is 2. The van der Waals surface area contributed by atoms with Crippen molar-refractivity contribution < 1.29 is 13.5 Å². The molecule has 4 nitrogen and oxygen atoms in total. The fourth-order valence-corrected chi connectivity index (χ4v) is 3.46. The molecule has 0 aliphatic rings. The number of halogens is 2. The summed E-state index contributed by atoms with van der Waals surface area (Å²) in [5, 5.41) is 8.14. The lowest BCUT2D eigenvalue weighted by atomic mass is 10.2. The summed E-state index contributed by atoms with van der Waals surface area (Å²) < 4.78 is 25.2. The van der Waals surface area contributed by atoms with E-state index in [0.717, 1.165) is 15.6 Å². The van der Waals surface area contributed by atoms with Gasteiger partial charge in [0.05, 0.1) is 18.4 Å². The maximum atomic E-state index is 13.4. The molecule has 0 radical (unpaired) electrons. The first-order chi connectivity index (χ1) is 11.7. The van der Waals surface area contributed by atoms with Gasteiger partial charge in [-0.15, -0.1) is 22.0 Å². The van der Waals surface area contributed by atoms with Gasteiger partial charge in [-0.05, 0) is 46.3 Å². The first-order valence-electron chi connectivity index (χ1n) is 7.15. The highest BCUT2D eigenvalue weighted by Crippen LogP contribution is 2.29. The summed E-state index contributed by atoms with van der Waals surface area (Å²) in [6.45, 7) is 0. The molecule has 24 heavy (non-hydrogen) atoms. The van der Waals surface area contributed by atoms with Crippen molar-refractivity contribution in [2.75, 3.05) is 7.11 Å². The van der Waals surface area contributed by atoms with Crippen LogP contribution in [-0.4, -0.2) is 17.3 Å². The minimum absolute atomic E-state index is 0.277. The Morgan fingerprint density at radius 3 is 2.79 bits per heavy atom. The molecular weight excluding hydrogens is 395 g/mol. The van der Waals surface area contributed by atoms with Gasteiger partial charge in [-0.3, -0.25) is 0 Å². The van der Waals surface area contributed by atoms with Crippen molar-refractivity contribution in [3.63, 3.8) is 0 Å². The molecule has 0 atom stereocenters. The Bertz CT molecular complexity index is 841. The van der Waals surface area contributed by atoms with Gasteiger partial charge in [0.2, 0.25) is 11.8 Å². The molecule has 0 saturated carbocycles. The number of thioether (sulfide) groups is 1. The molecule has 0 amide bonds. The average Bonchev–Trinajstić information content (AvgIpc) is 3.04. The maximum absolute atomic E-state index is 13.4. The van der Waals surface area contributed by atoms with Gasteiger partial charge in [0, 0.05) is 15.8 Å². The predicted molar refractivity (Wildman–Crippen MR) is 95.4 cm³/mol. The van der Waals surface area contributed by atoms with Crippen LogP contribution in [0.3, 0.4) is 0 Å². The highest BCUT2D eigenvalue weighted by Gasteiger charge is 2.12. The normalized spacial score (nSPS) is 10.8. The number of aromatic nitrogens is 2. The number of rotatable bonds is 6. The van der Waals surface area contributed by atoms with E-state index in [2.05, 4.69) is 26.1 Å². The molecular formula is C17H14BrFN2O2S. The summed E-state index contributed by atoms with van der Waals surface area (Å²) in [6.07, 6.45) is 0. The zero-order valence-electron chi connectivity index (χ0n) is 12.8. The Hall–Kier alpha value is -1.86. The van der Waals surface area contributed by atoms with E-state index in [1.54, 1.807) is 24.9 Å². The Kier molecular flexibility index (Phi) is 5.52. The van der Waals surface area contributed by atoms with E-state index in [9.17, 15) is 4.39 Å². The molecule has 0 saturated heterocycles. The predicted octanol–water partition coefficient (Wildman–Crippen LogP) is 5.08. The molecule has 1 heterocycles. The number of methoxy groups -OCH3 is 1. The molecule has 124 valence electrons. The lowest BCUT2D eigenvalue weighted by molar-refractivity contribution is 0.410. The fourth-order valence-electron chi connectivity index (χ4n) is 2.16. The first kappa shape index (κ1) is 17.0. The van der Waals surface area contributed by atoms with Gasteiger partial charge < -0.3 is 9.15 Å². The number of benzene rings is 2. The van der Waals surface area contributed by atoms with E-state index in [1.807, 2.05) is 24.3 Å². The van der Waals surface area contributed by atoms with Crippen molar-refractivity contribution in [3.8, 4) is 17.2 Å². The van der Waals surface area contributed by atoms with Crippen molar-refractivity contribution >= 4 is 27.7 Å². The molecule has 3 aromatic rings. The molecule has 0 spiro atoms. The van der Waals surface area contributed by atoms with Gasteiger partial charge in [0.25, 0.3) is 0 Å². The quantitative estimate of drug-likeness (QED) is 0.568. The van der Waals surface area contributed by atoms with Crippen LogP contribution < -0.4 is 4.74 Å². The summed E-state index contributed by atoms with van der Waals surface area (Å²) in [6, 6.07) is 12.2. The van der Waals surface area contributed by atoms with Crippen LogP contribution in [0.5, 0.6) is 5.75 Å². The van der Waals surface area contributed by atoms with Gasteiger partial charge in [-0.25, -0.2) is 4.39 Å². The monoisotopic (exact) mass is 408 g/mol. The summed E-state index contributed by atoms with van der Waals surface area (Å²) >= 11 is 5.02. The largest absolute Gasteiger partial charge is 0.496 e. The lowest BCUT2D eigenvalue weighted by Crippen LogP contribution is -1.92. The summed E-state index contributed by atoms with van der Waals surface area (Å²) in [5.41, 5.74) is 1.65. The van der Waals surface area contributed by atoms with Crippen LogP contribution in [0, 0.1) is 5.82 Å². The molecule has 7 heteroatoms. The van der Waals surface area contributed by atoms with Gasteiger partial charge in [-0.2, -0.15) is 0 Å². The SMILES string of the molecule is COc1ccc(F)cc1CSCc1nnc(-c2ccccc2Br)o1. The van der Waals surface area contributed by atoms with Crippen LogP contribution in [0.15, 0.2) is 51.4 Å². The van der Waals surface area contributed by atoms with Crippen molar-refractivity contribution in [2.45, 2.75) is 11.5 Å². The minimum Gasteiger partial charge on any atom is -0.496 e. The van der Waals surface area contributed by atoms with Crippen molar-refractivity contribution in [3.05, 3.63) is 64.2 Å². The summed E-state index contributed by atoms with van der Waals surface area (Å²) in [7, 11) is 1.57. The van der Waals surface area contributed by atoms with Crippen LogP contribution in [0.25, 0.3) is 11.5 Å². The lowest BCUT2D eigenvalue weighted by Gasteiger charge is -2.07. The van der Waals surface area contributed by atoms with Crippen LogP contribution in [0.1, 0.15) is 11.5 Å². The molecule has 1 aromatic heterocycles. The molecule has 0 bridgehead atoms. The van der Waals surface area contributed by atoms with Crippen LogP contribution in [-0.2, 0) is 11.5 Å². The van der Waals surface area contributed by atoms with Gasteiger partial charge in [0.15, 0.2) is 0 Å². The van der Waals surface area contributed by atoms with Crippen molar-refractivity contribution in [2.24, 2.45) is 0 Å². The third kappa shape index (κ3) is 3.96. The average molecular weight is 409 g/mol. The van der Waals surface area contributed by atoms with E-state index in [1.165, 1.54) is 12.1 Å². The van der Waals surface area contributed by atoms with E-state index in [4.69, 9.17) is 9.15 Å². The fraction of sp³-hybridized carbons (Fsp3) is 0.176. The Labute approximate surface area is 151 Å². The Morgan fingerprint density at radius 2 is 2.00 bits per heavy atom. The van der Waals surface area contributed by atoms with Crippen molar-refractivity contribution in [1.29, 1.82) is 0 Å². The Balaban J connectivity index is 1.64. The zero-order valence-corrected chi connectivity index (χ0v) is 15.2. The van der Waals surface area contributed by atoms with E-state index in [0.29, 0.717) is 29.0 Å². The molecule has 0 fully saturated rings. The van der Waals surface area contributed by atoms with Crippen molar-refractivity contribution in [1.82, 2.24) is 10.2 Å². The zero-order chi connectivity index (χ0) is 16.9. The second kappa shape index (κ2) is 7.81. The molecule has 0 aliphatic heterocycles. The topological polar surface area (TPSA) is 48.2 Å². The number of hydrogen-bond acceptors (Lipinski definition) is 5. The van der Waals surface area contributed by atoms with E-state index < -0.39 is 0 Å². The summed E-state index contributed by atoms with van der Waals surface area (Å²) in [5.74, 6) is 2.52. The van der Waals surface area contributed by atoms with Gasteiger partial charge in [0.1, 0.15) is 11.6 Å². The third-order valence-electron chi connectivity index (χ3n) is 3.30. The number of hydrogen-bond donors (Lipinski definition) is 0. The van der Waals surface area contributed by atoms with Crippen LogP contribution >= 0.6 is 27.7 Å². The highest BCUT2D eigenvalue weighted by molar-refractivity contribution is 9.10. The summed E-state index contributed by atoms with van der Waals surface area (Å²) in [4.78, 5) is 0. The standard InChI is InChI=1S/C17H14BrFN2O2S/c1-22-15-7-6-12(19)8-11(15)9-24-10-16-20-21-17(23-16)13-4-2-3-5-14(13)18/h2-8H,9-10H2,1H3. The maximum Gasteiger partial charge on any atom is 0.248 e.